The first-order chi connectivity index (χ1) is 12.1. The van der Waals surface area contributed by atoms with Gasteiger partial charge in [0.1, 0.15) is 18.8 Å². The third-order valence-corrected chi connectivity index (χ3v) is 4.56. The Morgan fingerprint density at radius 2 is 2.16 bits per heavy atom. The number of carbonyl (C=O) groups excluding carboxylic acids is 1. The molecule has 1 amide bonds. The molecule has 0 aromatic carbocycles. The van der Waals surface area contributed by atoms with E-state index in [1.165, 1.54) is 19.2 Å². The Kier molecular flexibility index (Phi) is 5.63. The van der Waals surface area contributed by atoms with Gasteiger partial charge < -0.3 is 10.1 Å². The molecule has 0 aliphatic heterocycles. The molecule has 2 aromatic rings. The third kappa shape index (κ3) is 4.78. The van der Waals surface area contributed by atoms with E-state index < -0.39 is 0 Å². The van der Waals surface area contributed by atoms with Crippen LogP contribution >= 0.6 is 0 Å². The Morgan fingerprint density at radius 3 is 2.76 bits per heavy atom. The monoisotopic (exact) mass is 343 g/mol. The molecule has 25 heavy (non-hydrogen) atoms. The minimum Gasteiger partial charge on any atom is -0.474 e. The van der Waals surface area contributed by atoms with Crippen molar-refractivity contribution >= 4 is 5.91 Å². The average molecular weight is 343 g/mol. The summed E-state index contributed by atoms with van der Waals surface area (Å²) in [6.45, 7) is 4.72. The fourth-order valence-electron chi connectivity index (χ4n) is 2.96. The van der Waals surface area contributed by atoms with Crippen LogP contribution in [0.2, 0.25) is 0 Å². The lowest BCUT2D eigenvalue weighted by Crippen LogP contribution is -2.41. The third-order valence-electron chi connectivity index (χ3n) is 4.56. The molecule has 0 bridgehead atoms. The van der Waals surface area contributed by atoms with Gasteiger partial charge in [0.25, 0.3) is 5.91 Å². The summed E-state index contributed by atoms with van der Waals surface area (Å²) in [6, 6.07) is 3.50. The van der Waals surface area contributed by atoms with E-state index in [0.29, 0.717) is 18.0 Å². The molecule has 0 unspecified atom stereocenters. The molecular weight excluding hydrogens is 318 g/mol. The molecule has 0 spiro atoms. The lowest BCUT2D eigenvalue weighted by Gasteiger charge is -2.22. The zero-order valence-electron chi connectivity index (χ0n) is 14.8. The number of carbonyl (C=O) groups is 1. The number of ether oxygens (including phenoxy) is 1. The summed E-state index contributed by atoms with van der Waals surface area (Å²) in [5.74, 6) is 0.719. The van der Waals surface area contributed by atoms with Gasteiger partial charge in [-0.25, -0.2) is 9.97 Å². The van der Waals surface area contributed by atoms with Crippen LogP contribution in [0.4, 0.5) is 0 Å². The quantitative estimate of drug-likeness (QED) is 0.835. The van der Waals surface area contributed by atoms with Crippen LogP contribution in [0, 0.1) is 5.92 Å². The second-order valence-electron chi connectivity index (χ2n) is 6.85. The number of nitrogens with one attached hydrogen (secondary N) is 1. The van der Waals surface area contributed by atoms with Crippen LogP contribution in [0.5, 0.6) is 5.88 Å². The number of hydrogen-bond donors (Lipinski definition) is 1. The highest BCUT2D eigenvalue weighted by Gasteiger charge is 2.20. The van der Waals surface area contributed by atoms with Gasteiger partial charge in [-0.1, -0.05) is 13.8 Å². The summed E-state index contributed by atoms with van der Waals surface area (Å²) >= 11 is 0. The zero-order valence-corrected chi connectivity index (χ0v) is 14.8. The van der Waals surface area contributed by atoms with E-state index in [4.69, 9.17) is 4.74 Å². The predicted octanol–water partition coefficient (Wildman–Crippen LogP) is 2.45. The van der Waals surface area contributed by atoms with E-state index in [1.54, 1.807) is 29.3 Å². The van der Waals surface area contributed by atoms with E-state index >= 15 is 0 Å². The van der Waals surface area contributed by atoms with Crippen molar-refractivity contribution in [1.82, 2.24) is 25.1 Å². The molecule has 1 N–H and O–H groups in total. The molecule has 7 heteroatoms. The van der Waals surface area contributed by atoms with Crippen LogP contribution in [0.25, 0.3) is 0 Å². The number of nitrogens with zero attached hydrogens (tertiary/aromatic N) is 4. The summed E-state index contributed by atoms with van der Waals surface area (Å²) in [6.07, 6.45) is 9.59. The van der Waals surface area contributed by atoms with E-state index in [0.717, 1.165) is 12.8 Å². The van der Waals surface area contributed by atoms with Crippen LogP contribution < -0.4 is 10.1 Å². The molecule has 3 rings (SSSR count). The second-order valence-corrected chi connectivity index (χ2v) is 6.85. The van der Waals surface area contributed by atoms with Gasteiger partial charge in [-0.05, 0) is 37.7 Å². The van der Waals surface area contributed by atoms with Crippen LogP contribution in [-0.2, 0) is 6.54 Å². The molecule has 7 nitrogen and oxygen atoms in total. The fraction of sp³-hybridized carbons (Fsp3) is 0.556. The Hall–Kier alpha value is -2.44. The molecule has 2 heterocycles. The van der Waals surface area contributed by atoms with Gasteiger partial charge in [0, 0.05) is 12.3 Å². The minimum atomic E-state index is -0.140. The minimum absolute atomic E-state index is 0.0383. The van der Waals surface area contributed by atoms with E-state index in [1.807, 2.05) is 0 Å². The number of rotatable bonds is 7. The first kappa shape index (κ1) is 17.4. The number of amides is 1. The highest BCUT2D eigenvalue weighted by molar-refractivity contribution is 5.94. The molecule has 0 radical (unpaired) electrons. The average Bonchev–Trinajstić information content (AvgIpc) is 3.28. The summed E-state index contributed by atoms with van der Waals surface area (Å²) in [5, 5.41) is 7.16. The van der Waals surface area contributed by atoms with Gasteiger partial charge in [-0.2, -0.15) is 5.10 Å². The Bertz CT molecular complexity index is 663. The molecule has 1 saturated carbocycles. The van der Waals surface area contributed by atoms with Crippen molar-refractivity contribution in [1.29, 1.82) is 0 Å². The van der Waals surface area contributed by atoms with Gasteiger partial charge in [-0.15, -0.1) is 0 Å². The van der Waals surface area contributed by atoms with Gasteiger partial charge >= 0.3 is 0 Å². The molecule has 0 saturated heterocycles. The van der Waals surface area contributed by atoms with E-state index in [9.17, 15) is 4.79 Å². The van der Waals surface area contributed by atoms with Crippen molar-refractivity contribution in [3.63, 3.8) is 0 Å². The number of hydrogen-bond acceptors (Lipinski definition) is 5. The highest BCUT2D eigenvalue weighted by atomic mass is 16.5. The van der Waals surface area contributed by atoms with Crippen molar-refractivity contribution in [2.24, 2.45) is 5.92 Å². The molecule has 1 aliphatic carbocycles. The van der Waals surface area contributed by atoms with Gasteiger partial charge in [0.15, 0.2) is 0 Å². The first-order valence-electron chi connectivity index (χ1n) is 8.88. The maximum atomic E-state index is 12.5. The number of aromatic nitrogens is 4. The molecule has 2 aromatic heterocycles. The summed E-state index contributed by atoms with van der Waals surface area (Å²) in [5.41, 5.74) is 0.531. The highest BCUT2D eigenvalue weighted by Crippen LogP contribution is 2.22. The van der Waals surface area contributed by atoms with Crippen molar-refractivity contribution in [2.45, 2.75) is 58.2 Å². The largest absolute Gasteiger partial charge is 0.474 e. The second kappa shape index (κ2) is 8.09. The van der Waals surface area contributed by atoms with Crippen molar-refractivity contribution in [3.8, 4) is 5.88 Å². The summed E-state index contributed by atoms with van der Waals surface area (Å²) in [4.78, 5) is 20.7. The Balaban J connectivity index is 1.59. The Labute approximate surface area is 147 Å². The van der Waals surface area contributed by atoms with Crippen molar-refractivity contribution < 1.29 is 9.53 Å². The lowest BCUT2D eigenvalue weighted by atomic mass is 10.0. The fourth-order valence-corrected chi connectivity index (χ4v) is 2.96. The molecule has 1 atom stereocenters. The first-order valence-corrected chi connectivity index (χ1v) is 8.88. The summed E-state index contributed by atoms with van der Waals surface area (Å²) < 4.78 is 7.56. The van der Waals surface area contributed by atoms with Crippen molar-refractivity contribution in [3.05, 3.63) is 36.5 Å². The maximum absolute atomic E-state index is 12.5. The van der Waals surface area contributed by atoms with Crippen molar-refractivity contribution in [2.75, 3.05) is 0 Å². The summed E-state index contributed by atoms with van der Waals surface area (Å²) in [7, 11) is 0. The maximum Gasteiger partial charge on any atom is 0.253 e. The standard InChI is InChI=1S/C18H25N5O2/c1-13(2)16(10-23-12-19-11-21-23)22-18(24)14-7-8-17(20-9-14)25-15-5-3-4-6-15/h7-9,11-13,15-16H,3-6,10H2,1-2H3,(H,22,24)/t16-/m1/s1. The SMILES string of the molecule is CC(C)[C@@H](Cn1cncn1)NC(=O)c1ccc(OC2CCCC2)nc1. The molecule has 1 aliphatic rings. The van der Waals surface area contributed by atoms with Gasteiger partial charge in [0.05, 0.1) is 18.2 Å². The van der Waals surface area contributed by atoms with Crippen LogP contribution in [-0.4, -0.2) is 37.8 Å². The normalized spacial score (nSPS) is 16.1. The Morgan fingerprint density at radius 1 is 1.36 bits per heavy atom. The predicted molar refractivity (Wildman–Crippen MR) is 93.2 cm³/mol. The van der Waals surface area contributed by atoms with Gasteiger partial charge in [0.2, 0.25) is 5.88 Å². The smallest absolute Gasteiger partial charge is 0.253 e. The van der Waals surface area contributed by atoms with Crippen LogP contribution in [0.15, 0.2) is 31.0 Å². The topological polar surface area (TPSA) is 81.9 Å². The van der Waals surface area contributed by atoms with Crippen LogP contribution in [0.3, 0.4) is 0 Å². The number of pyridine rings is 1. The van der Waals surface area contributed by atoms with Gasteiger partial charge in [-0.3, -0.25) is 9.48 Å². The van der Waals surface area contributed by atoms with E-state index in [2.05, 4.69) is 34.2 Å². The van der Waals surface area contributed by atoms with E-state index in [-0.39, 0.29) is 24.0 Å². The molecular formula is C18H25N5O2. The lowest BCUT2D eigenvalue weighted by molar-refractivity contribution is 0.0919. The van der Waals surface area contributed by atoms with Crippen LogP contribution in [0.1, 0.15) is 49.9 Å². The zero-order chi connectivity index (χ0) is 17.6. The molecule has 1 fully saturated rings. The molecule has 134 valence electrons.